The average molecular weight is 475 g/mol. The first-order valence-corrected chi connectivity index (χ1v) is 10.7. The number of nitrogens with one attached hydrogen (secondary N) is 1. The minimum Gasteiger partial charge on any atom is -0.390 e. The molecule has 178 valence electrons. The van der Waals surface area contributed by atoms with Gasteiger partial charge in [0.1, 0.15) is 18.0 Å². The van der Waals surface area contributed by atoms with Crippen LogP contribution in [0.4, 0.5) is 23.4 Å². The molecule has 1 saturated carbocycles. The summed E-state index contributed by atoms with van der Waals surface area (Å²) in [5.41, 5.74) is -1.10. The molecule has 1 aliphatic carbocycles. The van der Waals surface area contributed by atoms with E-state index < -0.39 is 36.1 Å². The molecule has 5 rings (SSSR count). The molecule has 3 heterocycles. The van der Waals surface area contributed by atoms with Crippen LogP contribution in [0.3, 0.4) is 0 Å². The monoisotopic (exact) mass is 475 g/mol. The molecular weight excluding hydrogens is 454 g/mol. The summed E-state index contributed by atoms with van der Waals surface area (Å²) in [5.74, 6) is -3.09. The van der Waals surface area contributed by atoms with Crippen LogP contribution in [-0.4, -0.2) is 37.3 Å². The van der Waals surface area contributed by atoms with Crippen LogP contribution in [0.15, 0.2) is 53.6 Å². The summed E-state index contributed by atoms with van der Waals surface area (Å²) in [7, 11) is 0. The Kier molecular flexibility index (Phi) is 5.12. The van der Waals surface area contributed by atoms with Gasteiger partial charge in [0.05, 0.1) is 17.1 Å². The molecule has 1 atom stereocenters. The van der Waals surface area contributed by atoms with Gasteiger partial charge in [-0.1, -0.05) is 18.2 Å². The number of hydrogen-bond acceptors (Lipinski definition) is 5. The number of pyridine rings is 1. The first-order chi connectivity index (χ1) is 16.2. The number of anilines is 1. The fraction of sp³-hybridized carbons (Fsp3) is 0.348. The lowest BCUT2D eigenvalue weighted by atomic mass is 10.0. The van der Waals surface area contributed by atoms with Crippen LogP contribution in [0.25, 0.3) is 16.6 Å². The zero-order valence-corrected chi connectivity index (χ0v) is 18.1. The van der Waals surface area contributed by atoms with Crippen LogP contribution >= 0.6 is 0 Å². The van der Waals surface area contributed by atoms with Crippen LogP contribution in [0, 0.1) is 0 Å². The fourth-order valence-electron chi connectivity index (χ4n) is 4.19. The number of fused-ring (bicyclic) bond motifs is 3. The number of nitrogens with zero attached hydrogens (tertiary/aromatic N) is 4. The molecule has 1 fully saturated rings. The molecular formula is C23H21F4N5O2. The standard InChI is InChI=1S/C23H21F4N5O2/c1-13(14-3-2-4-15(9-14)23(26,27)12-33)29-20-16-11-31(22(6-7-22)21(24)25)19(34)10-17(16)32-18(30-20)5-8-28-32/h2-5,8-11,13,21,33H,6-7,12H2,1H3,(H,29,30)/t13-/m1/s1. The van der Waals surface area contributed by atoms with Crippen molar-refractivity contribution in [2.45, 2.75) is 43.7 Å². The quantitative estimate of drug-likeness (QED) is 0.394. The molecule has 0 unspecified atom stereocenters. The maximum atomic E-state index is 14.0. The van der Waals surface area contributed by atoms with E-state index in [9.17, 15) is 22.4 Å². The molecule has 0 radical (unpaired) electrons. The Morgan fingerprint density at radius 3 is 2.68 bits per heavy atom. The highest BCUT2D eigenvalue weighted by Gasteiger charge is 2.53. The molecule has 0 bridgehead atoms. The third kappa shape index (κ3) is 3.51. The van der Waals surface area contributed by atoms with Gasteiger partial charge in [-0.3, -0.25) is 4.79 Å². The summed E-state index contributed by atoms with van der Waals surface area (Å²) < 4.78 is 58.0. The van der Waals surface area contributed by atoms with Gasteiger partial charge in [0.2, 0.25) is 0 Å². The Balaban J connectivity index is 1.62. The molecule has 4 aromatic rings. The van der Waals surface area contributed by atoms with E-state index in [1.807, 2.05) is 0 Å². The van der Waals surface area contributed by atoms with Crippen LogP contribution in [0.1, 0.15) is 36.9 Å². The number of halogens is 4. The molecule has 11 heteroatoms. The van der Waals surface area contributed by atoms with Crippen molar-refractivity contribution < 1.29 is 22.7 Å². The molecule has 3 aromatic heterocycles. The summed E-state index contributed by atoms with van der Waals surface area (Å²) in [6, 6.07) is 8.02. The molecule has 0 amide bonds. The van der Waals surface area contributed by atoms with Crippen LogP contribution in [0.5, 0.6) is 0 Å². The highest BCUT2D eigenvalue weighted by Crippen LogP contribution is 2.48. The maximum Gasteiger partial charge on any atom is 0.295 e. The average Bonchev–Trinajstić information content (AvgIpc) is 3.50. The predicted molar refractivity (Wildman–Crippen MR) is 117 cm³/mol. The van der Waals surface area contributed by atoms with E-state index in [1.54, 1.807) is 19.1 Å². The van der Waals surface area contributed by atoms with Crippen molar-refractivity contribution in [2.24, 2.45) is 0 Å². The lowest BCUT2D eigenvalue weighted by molar-refractivity contribution is -0.0556. The van der Waals surface area contributed by atoms with E-state index in [0.717, 1.165) is 4.57 Å². The van der Waals surface area contributed by atoms with Gasteiger partial charge >= 0.3 is 0 Å². The van der Waals surface area contributed by atoms with E-state index in [2.05, 4.69) is 15.4 Å². The number of alkyl halides is 4. The van der Waals surface area contributed by atoms with Gasteiger partial charge in [-0.05, 0) is 31.4 Å². The third-order valence-corrected chi connectivity index (χ3v) is 6.37. The Morgan fingerprint density at radius 1 is 1.24 bits per heavy atom. The first-order valence-electron chi connectivity index (χ1n) is 10.7. The fourth-order valence-corrected chi connectivity index (χ4v) is 4.19. The highest BCUT2D eigenvalue weighted by atomic mass is 19.3. The molecule has 0 spiro atoms. The van der Waals surface area contributed by atoms with Crippen LogP contribution in [-0.2, 0) is 11.5 Å². The smallest absolute Gasteiger partial charge is 0.295 e. The van der Waals surface area contributed by atoms with Crippen molar-refractivity contribution in [3.05, 3.63) is 70.3 Å². The molecule has 1 aliphatic rings. The summed E-state index contributed by atoms with van der Waals surface area (Å²) >= 11 is 0. The lowest BCUT2D eigenvalue weighted by Gasteiger charge is -2.21. The molecule has 1 aromatic carbocycles. The Hall–Kier alpha value is -3.47. The number of rotatable bonds is 7. The van der Waals surface area contributed by atoms with Crippen molar-refractivity contribution in [2.75, 3.05) is 11.9 Å². The van der Waals surface area contributed by atoms with Gasteiger partial charge in [-0.2, -0.15) is 13.9 Å². The minimum absolute atomic E-state index is 0.193. The molecule has 0 saturated heterocycles. The lowest BCUT2D eigenvalue weighted by Crippen LogP contribution is -2.35. The topological polar surface area (TPSA) is 84.5 Å². The number of aromatic nitrogens is 4. The zero-order chi connectivity index (χ0) is 24.3. The van der Waals surface area contributed by atoms with Gasteiger partial charge in [0.25, 0.3) is 17.9 Å². The number of aliphatic hydroxyl groups excluding tert-OH is 1. The number of aliphatic hydroxyl groups is 1. The maximum absolute atomic E-state index is 14.0. The summed E-state index contributed by atoms with van der Waals surface area (Å²) in [6.45, 7) is 0.424. The van der Waals surface area contributed by atoms with E-state index in [4.69, 9.17) is 5.11 Å². The van der Waals surface area contributed by atoms with Crippen LogP contribution in [0.2, 0.25) is 0 Å². The van der Waals surface area contributed by atoms with Crippen molar-refractivity contribution in [1.29, 1.82) is 0 Å². The van der Waals surface area contributed by atoms with Gasteiger partial charge in [0, 0.05) is 29.9 Å². The normalized spacial score (nSPS) is 16.3. The van der Waals surface area contributed by atoms with Crippen molar-refractivity contribution >= 4 is 22.4 Å². The van der Waals surface area contributed by atoms with Gasteiger partial charge < -0.3 is 15.0 Å². The zero-order valence-electron chi connectivity index (χ0n) is 18.1. The van der Waals surface area contributed by atoms with E-state index in [-0.39, 0.29) is 18.4 Å². The number of hydrogen-bond donors (Lipinski definition) is 2. The van der Waals surface area contributed by atoms with Gasteiger partial charge in [0.15, 0.2) is 5.65 Å². The molecule has 7 nitrogen and oxygen atoms in total. The van der Waals surface area contributed by atoms with E-state index >= 15 is 0 Å². The Bertz CT molecular complexity index is 1440. The van der Waals surface area contributed by atoms with E-state index in [0.29, 0.717) is 27.9 Å². The largest absolute Gasteiger partial charge is 0.390 e. The molecule has 2 N–H and O–H groups in total. The molecule has 0 aliphatic heterocycles. The Labute approximate surface area is 190 Å². The molecule has 34 heavy (non-hydrogen) atoms. The van der Waals surface area contributed by atoms with Gasteiger partial charge in [-0.25, -0.2) is 18.3 Å². The van der Waals surface area contributed by atoms with Gasteiger partial charge in [-0.15, -0.1) is 0 Å². The highest BCUT2D eigenvalue weighted by molar-refractivity contribution is 5.90. The van der Waals surface area contributed by atoms with Crippen LogP contribution < -0.4 is 10.9 Å². The predicted octanol–water partition coefficient (Wildman–Crippen LogP) is 4.06. The third-order valence-electron chi connectivity index (χ3n) is 6.37. The van der Waals surface area contributed by atoms with Crippen molar-refractivity contribution in [1.82, 2.24) is 19.2 Å². The van der Waals surface area contributed by atoms with Crippen molar-refractivity contribution in [3.8, 4) is 0 Å². The minimum atomic E-state index is -3.39. The Morgan fingerprint density at radius 2 is 2.00 bits per heavy atom. The second kappa shape index (κ2) is 7.79. The van der Waals surface area contributed by atoms with E-state index in [1.165, 1.54) is 41.2 Å². The summed E-state index contributed by atoms with van der Waals surface area (Å²) in [6.07, 6.45) is 0.561. The second-order valence-electron chi connectivity index (χ2n) is 8.60. The van der Waals surface area contributed by atoms with Crippen molar-refractivity contribution in [3.63, 3.8) is 0 Å². The second-order valence-corrected chi connectivity index (χ2v) is 8.60. The first kappa shape index (κ1) is 22.3. The summed E-state index contributed by atoms with van der Waals surface area (Å²) in [5, 5.41) is 16.7. The number of benzene rings is 1. The SMILES string of the molecule is C[C@@H](Nc1nc2ccnn2c2cc(=O)n(C3(C(F)F)CC3)cc12)c1cccc(C(F)(F)CO)c1. The summed E-state index contributed by atoms with van der Waals surface area (Å²) in [4.78, 5) is 17.3.